The lowest BCUT2D eigenvalue weighted by Crippen LogP contribution is -1.95. The first-order valence-corrected chi connectivity index (χ1v) is 7.86. The molecule has 2 aromatic carbocycles. The lowest BCUT2D eigenvalue weighted by atomic mass is 10.1. The molecule has 0 aliphatic heterocycles. The summed E-state index contributed by atoms with van der Waals surface area (Å²) in [4.78, 5) is 12.2. The topological polar surface area (TPSA) is 55.8 Å². The van der Waals surface area contributed by atoms with Crippen LogP contribution in [0.25, 0.3) is 6.08 Å². The number of allylic oxidation sites excluding steroid dienone is 1. The van der Waals surface area contributed by atoms with Crippen molar-refractivity contribution < 1.29 is 19.4 Å². The molecule has 0 atom stereocenters. The minimum atomic E-state index is -0.116. The molecule has 120 valence electrons. The quantitative estimate of drug-likeness (QED) is 0.597. The van der Waals surface area contributed by atoms with Crippen LogP contribution in [0.2, 0.25) is 0 Å². The number of hydrogen-bond acceptors (Lipinski definition) is 4. The van der Waals surface area contributed by atoms with Crippen LogP contribution in [-0.2, 0) is 0 Å². The molecule has 23 heavy (non-hydrogen) atoms. The van der Waals surface area contributed by atoms with E-state index in [4.69, 9.17) is 9.47 Å². The number of methoxy groups -OCH3 is 1. The third-order valence-corrected chi connectivity index (χ3v) is 3.76. The predicted molar refractivity (Wildman–Crippen MR) is 93.3 cm³/mol. The Morgan fingerprint density at radius 2 is 1.96 bits per heavy atom. The van der Waals surface area contributed by atoms with Gasteiger partial charge in [0.25, 0.3) is 0 Å². The van der Waals surface area contributed by atoms with E-state index < -0.39 is 0 Å². The Morgan fingerprint density at radius 3 is 2.57 bits per heavy atom. The monoisotopic (exact) mass is 376 g/mol. The Hall–Kier alpha value is -2.27. The van der Waals surface area contributed by atoms with Gasteiger partial charge >= 0.3 is 0 Å². The van der Waals surface area contributed by atoms with Crippen LogP contribution in [0.15, 0.2) is 46.9 Å². The molecule has 0 aliphatic carbocycles. The Labute approximate surface area is 143 Å². The first kappa shape index (κ1) is 17.1. The number of ketones is 1. The van der Waals surface area contributed by atoms with Gasteiger partial charge in [-0.1, -0.05) is 6.08 Å². The molecule has 2 aromatic rings. The van der Waals surface area contributed by atoms with Gasteiger partial charge in [0.2, 0.25) is 0 Å². The summed E-state index contributed by atoms with van der Waals surface area (Å²) in [5.41, 5.74) is 1.32. The van der Waals surface area contributed by atoms with Crippen molar-refractivity contribution in [2.75, 3.05) is 13.7 Å². The molecule has 0 aromatic heterocycles. The van der Waals surface area contributed by atoms with Crippen LogP contribution in [0, 0.1) is 0 Å². The number of phenols is 1. The van der Waals surface area contributed by atoms with Gasteiger partial charge < -0.3 is 14.6 Å². The summed E-state index contributed by atoms with van der Waals surface area (Å²) in [6.45, 7) is 2.28. The molecule has 0 bridgehead atoms. The number of halogens is 1. The van der Waals surface area contributed by atoms with Gasteiger partial charge in [0, 0.05) is 5.56 Å². The Kier molecular flexibility index (Phi) is 5.82. The zero-order valence-electron chi connectivity index (χ0n) is 12.9. The van der Waals surface area contributed by atoms with Crippen LogP contribution >= 0.6 is 15.9 Å². The second kappa shape index (κ2) is 7.83. The second-order valence-corrected chi connectivity index (χ2v) is 5.56. The van der Waals surface area contributed by atoms with Gasteiger partial charge in [-0.05, 0) is 70.9 Å². The largest absolute Gasteiger partial charge is 0.503 e. The maximum atomic E-state index is 12.2. The van der Waals surface area contributed by atoms with Gasteiger partial charge in [0.1, 0.15) is 5.75 Å². The van der Waals surface area contributed by atoms with Gasteiger partial charge in [-0.2, -0.15) is 0 Å². The van der Waals surface area contributed by atoms with Gasteiger partial charge in [-0.25, -0.2) is 0 Å². The summed E-state index contributed by atoms with van der Waals surface area (Å²) < 4.78 is 10.9. The van der Waals surface area contributed by atoms with Crippen molar-refractivity contribution in [1.82, 2.24) is 0 Å². The molecule has 0 unspecified atom stereocenters. The zero-order chi connectivity index (χ0) is 16.8. The SMILES string of the molecule is CCOc1cc(/C=C/C(=O)c2ccc(OC)cc2)cc(Br)c1O. The summed E-state index contributed by atoms with van der Waals surface area (Å²) in [5, 5.41) is 9.88. The van der Waals surface area contributed by atoms with E-state index in [1.807, 2.05) is 6.92 Å². The first-order valence-electron chi connectivity index (χ1n) is 7.07. The van der Waals surface area contributed by atoms with Crippen LogP contribution in [0.5, 0.6) is 17.2 Å². The summed E-state index contributed by atoms with van der Waals surface area (Å²) in [6, 6.07) is 10.3. The fourth-order valence-corrected chi connectivity index (χ4v) is 2.44. The minimum Gasteiger partial charge on any atom is -0.503 e. The number of phenolic OH excluding ortho intramolecular Hbond substituents is 1. The highest BCUT2D eigenvalue weighted by Crippen LogP contribution is 2.35. The Morgan fingerprint density at radius 1 is 1.26 bits per heavy atom. The number of rotatable bonds is 6. The smallest absolute Gasteiger partial charge is 0.185 e. The van der Waals surface area contributed by atoms with E-state index in [9.17, 15) is 9.90 Å². The lowest BCUT2D eigenvalue weighted by Gasteiger charge is -2.08. The molecule has 4 nitrogen and oxygen atoms in total. The van der Waals surface area contributed by atoms with Crippen LogP contribution in [0.3, 0.4) is 0 Å². The molecule has 5 heteroatoms. The number of ether oxygens (including phenoxy) is 2. The van der Waals surface area contributed by atoms with E-state index in [2.05, 4.69) is 15.9 Å². The number of carbonyl (C=O) groups is 1. The van der Waals surface area contributed by atoms with Crippen molar-refractivity contribution in [3.8, 4) is 17.2 Å². The minimum absolute atomic E-state index is 0.0467. The van der Waals surface area contributed by atoms with Gasteiger partial charge in [0.15, 0.2) is 17.3 Å². The second-order valence-electron chi connectivity index (χ2n) is 4.71. The molecular weight excluding hydrogens is 360 g/mol. The Bertz CT molecular complexity index is 721. The molecule has 0 aliphatic rings. The fourth-order valence-electron chi connectivity index (χ4n) is 1.98. The average Bonchev–Trinajstić information content (AvgIpc) is 2.57. The van der Waals surface area contributed by atoms with Crippen molar-refractivity contribution in [2.24, 2.45) is 0 Å². The summed E-state index contributed by atoms with van der Waals surface area (Å²) >= 11 is 3.27. The van der Waals surface area contributed by atoms with E-state index in [1.165, 1.54) is 6.08 Å². The lowest BCUT2D eigenvalue weighted by molar-refractivity contribution is 0.104. The highest BCUT2D eigenvalue weighted by atomic mass is 79.9. The summed E-state index contributed by atoms with van der Waals surface area (Å²) in [6.07, 6.45) is 3.16. The predicted octanol–water partition coefficient (Wildman–Crippen LogP) is 4.46. The van der Waals surface area contributed by atoms with Crippen LogP contribution in [-0.4, -0.2) is 24.6 Å². The standard InChI is InChI=1S/C18H17BrO4/c1-3-23-17-11-12(10-15(19)18(17)21)4-9-16(20)13-5-7-14(22-2)8-6-13/h4-11,21H,3H2,1-2H3/b9-4+. The van der Waals surface area contributed by atoms with Gasteiger partial charge in [-0.15, -0.1) is 0 Å². The molecule has 0 amide bonds. The summed E-state index contributed by atoms with van der Waals surface area (Å²) in [5.74, 6) is 1.01. The van der Waals surface area contributed by atoms with Crippen LogP contribution in [0.1, 0.15) is 22.8 Å². The molecular formula is C18H17BrO4. The van der Waals surface area contributed by atoms with E-state index in [0.29, 0.717) is 28.1 Å². The van der Waals surface area contributed by atoms with Crippen molar-refractivity contribution >= 4 is 27.8 Å². The maximum absolute atomic E-state index is 12.2. The number of hydrogen-bond donors (Lipinski definition) is 1. The van der Waals surface area contributed by atoms with Gasteiger partial charge in [0.05, 0.1) is 18.2 Å². The third kappa shape index (κ3) is 4.36. The molecule has 0 radical (unpaired) electrons. The summed E-state index contributed by atoms with van der Waals surface area (Å²) in [7, 11) is 1.58. The van der Waals surface area contributed by atoms with Crippen molar-refractivity contribution in [3.05, 3.63) is 58.1 Å². The third-order valence-electron chi connectivity index (χ3n) is 3.15. The Balaban J connectivity index is 2.20. The van der Waals surface area contributed by atoms with E-state index >= 15 is 0 Å². The molecule has 1 N–H and O–H groups in total. The number of carbonyl (C=O) groups excluding carboxylic acids is 1. The highest BCUT2D eigenvalue weighted by Gasteiger charge is 2.08. The van der Waals surface area contributed by atoms with E-state index in [1.54, 1.807) is 49.6 Å². The molecule has 0 heterocycles. The number of benzene rings is 2. The molecule has 0 spiro atoms. The number of aromatic hydroxyl groups is 1. The van der Waals surface area contributed by atoms with E-state index in [-0.39, 0.29) is 11.5 Å². The fraction of sp³-hybridized carbons (Fsp3) is 0.167. The van der Waals surface area contributed by atoms with Crippen molar-refractivity contribution in [2.45, 2.75) is 6.92 Å². The normalized spacial score (nSPS) is 10.7. The highest BCUT2D eigenvalue weighted by molar-refractivity contribution is 9.10. The molecule has 0 saturated carbocycles. The molecule has 0 saturated heterocycles. The average molecular weight is 377 g/mol. The van der Waals surface area contributed by atoms with Crippen molar-refractivity contribution in [1.29, 1.82) is 0 Å². The van der Waals surface area contributed by atoms with Gasteiger partial charge in [-0.3, -0.25) is 4.79 Å². The van der Waals surface area contributed by atoms with E-state index in [0.717, 1.165) is 5.56 Å². The molecule has 2 rings (SSSR count). The maximum Gasteiger partial charge on any atom is 0.185 e. The van der Waals surface area contributed by atoms with Crippen molar-refractivity contribution in [3.63, 3.8) is 0 Å². The van der Waals surface area contributed by atoms with Crippen LogP contribution < -0.4 is 9.47 Å². The zero-order valence-corrected chi connectivity index (χ0v) is 14.5. The molecule has 0 fully saturated rings. The first-order chi connectivity index (χ1) is 11.0. The van der Waals surface area contributed by atoms with Crippen LogP contribution in [0.4, 0.5) is 0 Å².